The van der Waals surface area contributed by atoms with Crippen LogP contribution in [0.3, 0.4) is 0 Å². The summed E-state index contributed by atoms with van der Waals surface area (Å²) in [7, 11) is 0. The van der Waals surface area contributed by atoms with Crippen LogP contribution in [0.5, 0.6) is 0 Å². The Bertz CT molecular complexity index is 1100. The molecule has 0 saturated heterocycles. The summed E-state index contributed by atoms with van der Waals surface area (Å²) in [4.78, 5) is 28.8. The lowest BCUT2D eigenvalue weighted by molar-refractivity contribution is -0.139. The average molecular weight is 523 g/mol. The molecule has 0 aliphatic rings. The maximum absolute atomic E-state index is 13.6. The standard InChI is InChI=1S/C30H35ClN2O2S/c1-22(2)18-32-30(35)28(17-24-7-5-4-6-8-24)33(19-25-11-9-23(3)10-12-25)29(34)21-36-20-26-13-15-27(31)16-14-26/h4-16,22,28H,17-21H2,1-3H3,(H,32,35)/t28-/m1/s1. The molecule has 0 unspecified atom stereocenters. The number of amides is 2. The fraction of sp³-hybridized carbons (Fsp3) is 0.333. The topological polar surface area (TPSA) is 49.4 Å². The second-order valence-electron chi connectivity index (χ2n) is 9.47. The van der Waals surface area contributed by atoms with Crippen LogP contribution in [0.15, 0.2) is 78.9 Å². The fourth-order valence-electron chi connectivity index (χ4n) is 3.79. The Morgan fingerprint density at radius 2 is 1.53 bits per heavy atom. The van der Waals surface area contributed by atoms with Gasteiger partial charge in [-0.05, 0) is 41.7 Å². The Balaban J connectivity index is 1.82. The quantitative estimate of drug-likeness (QED) is 0.304. The van der Waals surface area contributed by atoms with E-state index < -0.39 is 6.04 Å². The molecule has 0 bridgehead atoms. The molecular weight excluding hydrogens is 488 g/mol. The zero-order chi connectivity index (χ0) is 25.9. The van der Waals surface area contributed by atoms with Gasteiger partial charge in [0.15, 0.2) is 0 Å². The van der Waals surface area contributed by atoms with Gasteiger partial charge in [-0.3, -0.25) is 9.59 Å². The molecule has 36 heavy (non-hydrogen) atoms. The number of halogens is 1. The van der Waals surface area contributed by atoms with Crippen LogP contribution in [0.25, 0.3) is 0 Å². The number of nitrogens with one attached hydrogen (secondary N) is 1. The number of carbonyl (C=O) groups excluding carboxylic acids is 2. The van der Waals surface area contributed by atoms with Crippen molar-refractivity contribution in [2.75, 3.05) is 12.3 Å². The van der Waals surface area contributed by atoms with Crippen LogP contribution in [0, 0.1) is 12.8 Å². The third-order valence-corrected chi connectivity index (χ3v) is 7.08. The summed E-state index contributed by atoms with van der Waals surface area (Å²) < 4.78 is 0. The number of rotatable bonds is 12. The van der Waals surface area contributed by atoms with Crippen molar-refractivity contribution in [1.82, 2.24) is 10.2 Å². The highest BCUT2D eigenvalue weighted by Gasteiger charge is 2.30. The van der Waals surface area contributed by atoms with Gasteiger partial charge in [-0.15, -0.1) is 11.8 Å². The molecular formula is C30H35ClN2O2S. The molecule has 4 nitrogen and oxygen atoms in total. The summed E-state index contributed by atoms with van der Waals surface area (Å²) in [6.45, 7) is 7.12. The van der Waals surface area contributed by atoms with E-state index in [9.17, 15) is 9.59 Å². The van der Waals surface area contributed by atoms with Gasteiger partial charge in [-0.2, -0.15) is 0 Å². The molecule has 0 saturated carbocycles. The van der Waals surface area contributed by atoms with Crippen molar-refractivity contribution in [3.63, 3.8) is 0 Å². The zero-order valence-corrected chi connectivity index (χ0v) is 22.8. The van der Waals surface area contributed by atoms with Crippen LogP contribution in [-0.4, -0.2) is 35.1 Å². The van der Waals surface area contributed by atoms with Crippen LogP contribution in [-0.2, 0) is 28.3 Å². The summed E-state index contributed by atoms with van der Waals surface area (Å²) in [6, 6.07) is 25.1. The summed E-state index contributed by atoms with van der Waals surface area (Å²) in [5.74, 6) is 1.15. The van der Waals surface area contributed by atoms with Gasteiger partial charge in [0.05, 0.1) is 5.75 Å². The molecule has 3 aromatic carbocycles. The van der Waals surface area contributed by atoms with Gasteiger partial charge in [0, 0.05) is 30.3 Å². The van der Waals surface area contributed by atoms with Crippen molar-refractivity contribution in [3.05, 3.63) is 106 Å². The minimum Gasteiger partial charge on any atom is -0.354 e. The summed E-state index contributed by atoms with van der Waals surface area (Å²) in [5, 5.41) is 3.76. The number of thioether (sulfide) groups is 1. The molecule has 0 aromatic heterocycles. The third-order valence-electron chi connectivity index (χ3n) is 5.84. The molecule has 1 N–H and O–H groups in total. The predicted molar refractivity (Wildman–Crippen MR) is 151 cm³/mol. The Morgan fingerprint density at radius 1 is 0.889 bits per heavy atom. The zero-order valence-electron chi connectivity index (χ0n) is 21.2. The molecule has 0 aliphatic heterocycles. The SMILES string of the molecule is Cc1ccc(CN(C(=O)CSCc2ccc(Cl)cc2)[C@H](Cc2ccccc2)C(=O)NCC(C)C)cc1. The second-order valence-corrected chi connectivity index (χ2v) is 10.9. The van der Waals surface area contributed by atoms with Crippen molar-refractivity contribution < 1.29 is 9.59 Å². The second kappa shape index (κ2) is 14.1. The highest BCUT2D eigenvalue weighted by atomic mass is 35.5. The van der Waals surface area contributed by atoms with Gasteiger partial charge in [-0.25, -0.2) is 0 Å². The maximum atomic E-state index is 13.6. The lowest BCUT2D eigenvalue weighted by atomic mass is 10.0. The molecule has 0 spiro atoms. The third kappa shape index (κ3) is 9.03. The largest absolute Gasteiger partial charge is 0.354 e. The number of aryl methyl sites for hydroxylation is 1. The Labute approximate surface area is 224 Å². The number of benzene rings is 3. The molecule has 0 fully saturated rings. The number of carbonyl (C=O) groups is 2. The maximum Gasteiger partial charge on any atom is 0.243 e. The van der Waals surface area contributed by atoms with Gasteiger partial charge >= 0.3 is 0 Å². The Morgan fingerprint density at radius 3 is 2.17 bits per heavy atom. The van der Waals surface area contributed by atoms with Gasteiger partial charge in [0.1, 0.15) is 6.04 Å². The summed E-state index contributed by atoms with van der Waals surface area (Å²) in [5.41, 5.74) is 4.30. The number of hydrogen-bond acceptors (Lipinski definition) is 3. The lowest BCUT2D eigenvalue weighted by Gasteiger charge is -2.32. The van der Waals surface area contributed by atoms with Gasteiger partial charge in [0.2, 0.25) is 11.8 Å². The van der Waals surface area contributed by atoms with Crippen molar-refractivity contribution in [2.45, 2.75) is 45.5 Å². The van der Waals surface area contributed by atoms with Crippen molar-refractivity contribution in [2.24, 2.45) is 5.92 Å². The van der Waals surface area contributed by atoms with Crippen LogP contribution in [0.4, 0.5) is 0 Å². The first-order valence-corrected chi connectivity index (χ1v) is 13.8. The minimum atomic E-state index is -0.601. The van der Waals surface area contributed by atoms with Crippen LogP contribution >= 0.6 is 23.4 Å². The fourth-order valence-corrected chi connectivity index (χ4v) is 4.78. The van der Waals surface area contributed by atoms with Crippen LogP contribution in [0.1, 0.15) is 36.1 Å². The summed E-state index contributed by atoms with van der Waals surface area (Å²) in [6.07, 6.45) is 0.463. The first kappa shape index (κ1) is 27.8. The highest BCUT2D eigenvalue weighted by Crippen LogP contribution is 2.20. The molecule has 3 rings (SSSR count). The van der Waals surface area contributed by atoms with E-state index in [2.05, 4.69) is 19.2 Å². The normalized spacial score (nSPS) is 11.8. The molecule has 1 atom stereocenters. The van der Waals surface area contributed by atoms with Crippen LogP contribution < -0.4 is 5.32 Å². The van der Waals surface area contributed by atoms with E-state index in [1.807, 2.05) is 85.8 Å². The number of hydrogen-bond donors (Lipinski definition) is 1. The van der Waals surface area contributed by atoms with Crippen molar-refractivity contribution in [3.8, 4) is 0 Å². The molecule has 6 heteroatoms. The van der Waals surface area contributed by atoms with E-state index in [0.29, 0.717) is 36.2 Å². The smallest absolute Gasteiger partial charge is 0.243 e. The monoisotopic (exact) mass is 522 g/mol. The van der Waals surface area contributed by atoms with E-state index >= 15 is 0 Å². The van der Waals surface area contributed by atoms with Gasteiger partial charge in [0.25, 0.3) is 0 Å². The lowest BCUT2D eigenvalue weighted by Crippen LogP contribution is -2.51. The van der Waals surface area contributed by atoms with E-state index in [1.54, 1.807) is 16.7 Å². The first-order chi connectivity index (χ1) is 17.3. The summed E-state index contributed by atoms with van der Waals surface area (Å²) >= 11 is 7.54. The van der Waals surface area contributed by atoms with E-state index in [1.165, 1.54) is 0 Å². The van der Waals surface area contributed by atoms with Crippen LogP contribution in [0.2, 0.25) is 5.02 Å². The highest BCUT2D eigenvalue weighted by molar-refractivity contribution is 7.99. The average Bonchev–Trinajstić information content (AvgIpc) is 2.87. The van der Waals surface area contributed by atoms with Gasteiger partial charge in [-0.1, -0.05) is 97.7 Å². The molecule has 3 aromatic rings. The molecule has 2 amide bonds. The Kier molecular flexibility index (Phi) is 10.9. The Hall–Kier alpha value is -2.76. The number of nitrogens with zero attached hydrogens (tertiary/aromatic N) is 1. The van der Waals surface area contributed by atoms with E-state index in [0.717, 1.165) is 22.3 Å². The van der Waals surface area contributed by atoms with E-state index in [4.69, 9.17) is 11.6 Å². The molecule has 0 heterocycles. The predicted octanol–water partition coefficient (Wildman–Crippen LogP) is 6.29. The first-order valence-electron chi connectivity index (χ1n) is 12.3. The minimum absolute atomic E-state index is 0.0461. The van der Waals surface area contributed by atoms with E-state index in [-0.39, 0.29) is 17.6 Å². The van der Waals surface area contributed by atoms with Crippen molar-refractivity contribution in [1.29, 1.82) is 0 Å². The molecule has 0 radical (unpaired) electrons. The molecule has 0 aliphatic carbocycles. The van der Waals surface area contributed by atoms with Crippen molar-refractivity contribution >= 4 is 35.2 Å². The van der Waals surface area contributed by atoms with Gasteiger partial charge < -0.3 is 10.2 Å². The molecule has 190 valence electrons.